The molecule has 1 N–H and O–H groups in total. The second-order valence-corrected chi connectivity index (χ2v) is 28.6. The molecule has 6 heteroatoms. The van der Waals surface area contributed by atoms with Gasteiger partial charge in [0.05, 0.1) is 27.6 Å². The number of para-hydroxylation sites is 3. The number of hydrogen-bond acceptors (Lipinski definition) is 3. The fraction of sp³-hybridized carbons (Fsp3) is 0.250. The third-order valence-electron chi connectivity index (χ3n) is 17.2. The van der Waals surface area contributed by atoms with Crippen LogP contribution in [-0.4, -0.2) is 24.2 Å². The van der Waals surface area contributed by atoms with Crippen LogP contribution >= 0.6 is 0 Å². The predicted octanol–water partition coefficient (Wildman–Crippen LogP) is 21.5. The van der Waals surface area contributed by atoms with Gasteiger partial charge in [-0.2, -0.15) is 0 Å². The molecule has 3 heterocycles. The van der Waals surface area contributed by atoms with Gasteiger partial charge < -0.3 is 9.67 Å². The number of fused-ring (bicyclic) bond motifs is 4. The molecule has 0 aliphatic heterocycles. The number of aromatic hydroxyl groups is 1. The van der Waals surface area contributed by atoms with Crippen molar-refractivity contribution < 1.29 is 26.2 Å². The number of aromatic nitrogens is 4. The van der Waals surface area contributed by atoms with Crippen molar-refractivity contribution in [3.05, 3.63) is 234 Å². The second-order valence-electron chi connectivity index (χ2n) is 28.6. The van der Waals surface area contributed by atoms with E-state index in [-0.39, 0.29) is 53.9 Å². The van der Waals surface area contributed by atoms with Gasteiger partial charge in [0.15, 0.2) is 0 Å². The summed E-state index contributed by atoms with van der Waals surface area (Å²) in [6.45, 7) is 34.0. The fourth-order valence-electron chi connectivity index (χ4n) is 11.9. The maximum atomic E-state index is 11.5. The van der Waals surface area contributed by atoms with Crippen molar-refractivity contribution in [3.8, 4) is 84.3 Å². The first-order valence-electron chi connectivity index (χ1n) is 30.1. The van der Waals surface area contributed by atoms with Crippen molar-refractivity contribution in [2.45, 2.75) is 131 Å². The predicted molar refractivity (Wildman–Crippen MR) is 360 cm³/mol. The van der Waals surface area contributed by atoms with Crippen molar-refractivity contribution >= 4 is 32.8 Å². The molecule has 0 saturated carbocycles. The second kappa shape index (κ2) is 22.0. The SMILES string of the molecule is CC(C)(C)c1ccc(-c2cc(-c3ccc(C(C)(C)C)cc3)cc(-n3c4ccccc4c4ccc(-c5ccnc(-c6[c-]c(-c7cccc8c7nc(-c7ccccc7O)n8-c7cc(C(C)(C)C)cc(C(C)(C)C)c7)cc(C(C)(C)C)c6)c5)cc43)c2)cc1.[Pt]. The molecule has 0 fully saturated rings. The smallest absolute Gasteiger partial charge is 0.148 e. The van der Waals surface area contributed by atoms with Crippen LogP contribution in [0.2, 0.25) is 0 Å². The molecule has 12 rings (SSSR count). The molecule has 436 valence electrons. The summed E-state index contributed by atoms with van der Waals surface area (Å²) in [5, 5.41) is 13.9. The molecule has 0 bridgehead atoms. The van der Waals surface area contributed by atoms with Crippen LogP contribution in [0.15, 0.2) is 200 Å². The largest absolute Gasteiger partial charge is 0.507 e. The summed E-state index contributed by atoms with van der Waals surface area (Å²) >= 11 is 0. The number of rotatable bonds is 8. The fourth-order valence-corrected chi connectivity index (χ4v) is 11.9. The van der Waals surface area contributed by atoms with Crippen molar-refractivity contribution in [2.75, 3.05) is 0 Å². The van der Waals surface area contributed by atoms with Gasteiger partial charge >= 0.3 is 0 Å². The molecule has 0 aliphatic rings. The zero-order valence-electron chi connectivity index (χ0n) is 52.6. The van der Waals surface area contributed by atoms with Gasteiger partial charge in [-0.05, 0) is 149 Å². The molecular formula is C80H79N4OPt-. The maximum absolute atomic E-state index is 11.5. The molecular weight excluding hydrogens is 1230 g/mol. The molecule has 12 aromatic rings. The van der Waals surface area contributed by atoms with Gasteiger partial charge in [-0.25, -0.2) is 4.98 Å². The van der Waals surface area contributed by atoms with Crippen LogP contribution in [0.3, 0.4) is 0 Å². The first-order chi connectivity index (χ1) is 40.2. The summed E-state index contributed by atoms with van der Waals surface area (Å²) in [6, 6.07) is 74.8. The number of pyridine rings is 1. The molecule has 0 spiro atoms. The average molecular weight is 1310 g/mol. The minimum absolute atomic E-state index is 0. The van der Waals surface area contributed by atoms with Gasteiger partial charge in [0, 0.05) is 55.1 Å². The van der Waals surface area contributed by atoms with Crippen LogP contribution in [-0.2, 0) is 48.1 Å². The monoisotopic (exact) mass is 1310 g/mol. The van der Waals surface area contributed by atoms with Crippen LogP contribution in [0.4, 0.5) is 0 Å². The number of nitrogens with zero attached hydrogens (tertiary/aromatic N) is 4. The Morgan fingerprint density at radius 1 is 0.360 bits per heavy atom. The average Bonchev–Trinajstić information content (AvgIpc) is 2.01. The Bertz CT molecular complexity index is 4430. The topological polar surface area (TPSA) is 55.9 Å². The zero-order chi connectivity index (χ0) is 60.1. The van der Waals surface area contributed by atoms with E-state index < -0.39 is 0 Å². The maximum Gasteiger partial charge on any atom is 0.148 e. The number of hydrogen-bond donors (Lipinski definition) is 1. The van der Waals surface area contributed by atoms with E-state index in [0.29, 0.717) is 11.4 Å². The minimum atomic E-state index is -0.206. The van der Waals surface area contributed by atoms with Gasteiger partial charge in [-0.3, -0.25) is 9.55 Å². The quantitative estimate of drug-likeness (QED) is 0.154. The van der Waals surface area contributed by atoms with Gasteiger partial charge in [0.1, 0.15) is 11.6 Å². The molecule has 86 heavy (non-hydrogen) atoms. The Balaban J connectivity index is 0.00000768. The van der Waals surface area contributed by atoms with Crippen LogP contribution in [0.5, 0.6) is 5.75 Å². The van der Waals surface area contributed by atoms with Gasteiger partial charge in [-0.15, -0.1) is 29.3 Å². The van der Waals surface area contributed by atoms with Gasteiger partial charge in [-0.1, -0.05) is 230 Å². The number of phenolic OH excluding ortho intramolecular Hbond substituents is 1. The molecule has 0 radical (unpaired) electrons. The van der Waals surface area contributed by atoms with Gasteiger partial charge in [0.25, 0.3) is 0 Å². The summed E-state index contributed by atoms with van der Waals surface area (Å²) in [5.41, 5.74) is 23.2. The Morgan fingerprint density at radius 3 is 1.44 bits per heavy atom. The van der Waals surface area contributed by atoms with Crippen molar-refractivity contribution in [3.63, 3.8) is 0 Å². The van der Waals surface area contributed by atoms with Crippen molar-refractivity contribution in [2.24, 2.45) is 0 Å². The summed E-state index contributed by atoms with van der Waals surface area (Å²) in [7, 11) is 0. The van der Waals surface area contributed by atoms with E-state index in [4.69, 9.17) is 9.97 Å². The van der Waals surface area contributed by atoms with E-state index in [9.17, 15) is 5.11 Å². The van der Waals surface area contributed by atoms with Crippen LogP contribution in [0, 0.1) is 6.07 Å². The molecule has 3 aromatic heterocycles. The van der Waals surface area contributed by atoms with E-state index in [1.54, 1.807) is 6.07 Å². The van der Waals surface area contributed by atoms with Crippen LogP contribution in [0.1, 0.15) is 132 Å². The molecule has 0 amide bonds. The molecule has 0 aliphatic carbocycles. The van der Waals surface area contributed by atoms with E-state index in [1.807, 2.05) is 24.4 Å². The van der Waals surface area contributed by atoms with Crippen LogP contribution in [0.25, 0.3) is 111 Å². The first kappa shape index (κ1) is 59.6. The number of imidazole rings is 1. The Morgan fingerprint density at radius 2 is 0.849 bits per heavy atom. The summed E-state index contributed by atoms with van der Waals surface area (Å²) < 4.78 is 4.70. The van der Waals surface area contributed by atoms with E-state index in [1.165, 1.54) is 55.3 Å². The molecule has 5 nitrogen and oxygen atoms in total. The third kappa shape index (κ3) is 11.4. The van der Waals surface area contributed by atoms with E-state index >= 15 is 0 Å². The Kier molecular flexibility index (Phi) is 15.2. The summed E-state index contributed by atoms with van der Waals surface area (Å²) in [4.78, 5) is 10.6. The van der Waals surface area contributed by atoms with Gasteiger partial charge in [0.2, 0.25) is 0 Å². The molecule has 9 aromatic carbocycles. The number of phenols is 1. The van der Waals surface area contributed by atoms with Crippen molar-refractivity contribution in [1.29, 1.82) is 0 Å². The van der Waals surface area contributed by atoms with E-state index in [2.05, 4.69) is 289 Å². The Labute approximate surface area is 524 Å². The van der Waals surface area contributed by atoms with Crippen LogP contribution < -0.4 is 0 Å². The standard InChI is InChI=1S/C80H79N4O.Pt/c1-76(2,3)58-32-27-50(28-33-58)54-39-55(51-29-34-59(35-30-51)77(4,5)6)44-63(43-54)83-70-24-18-16-21-66(70)67-36-31-52(46-72(67)83)53-37-38-81-69(45-53)57-40-56(41-60(42-57)78(7,8)9)65-23-20-25-71-74(65)82-75(68-22-17-19-26-73(68)85)84(71)64-48-61(79(10,11)12)47-62(49-64)80(13,14)15;/h16-39,41-49,85H,1-15H3;/q-1;. The normalized spacial score (nSPS) is 12.5. The number of benzene rings is 9. The molecule has 0 atom stereocenters. The molecule has 0 unspecified atom stereocenters. The zero-order valence-corrected chi connectivity index (χ0v) is 54.9. The third-order valence-corrected chi connectivity index (χ3v) is 17.2. The Hall–Kier alpha value is -8.11. The first-order valence-corrected chi connectivity index (χ1v) is 30.1. The summed E-state index contributed by atoms with van der Waals surface area (Å²) in [6.07, 6.45) is 1.94. The minimum Gasteiger partial charge on any atom is -0.507 e. The summed E-state index contributed by atoms with van der Waals surface area (Å²) in [5.74, 6) is 0.853. The van der Waals surface area contributed by atoms with Crippen molar-refractivity contribution in [1.82, 2.24) is 19.1 Å². The molecule has 0 saturated heterocycles. The van der Waals surface area contributed by atoms with E-state index in [0.717, 1.165) is 72.5 Å².